The number of aryl methyl sites for hydroxylation is 2. The average Bonchev–Trinajstić information content (AvgIpc) is 3.53. The summed E-state index contributed by atoms with van der Waals surface area (Å²) in [7, 11) is 0. The lowest BCUT2D eigenvalue weighted by molar-refractivity contribution is 0.495. The maximum absolute atomic E-state index is 5.65. The Morgan fingerprint density at radius 3 is 1.36 bits per heavy atom. The normalized spacial score (nSPS) is 10.7. The van der Waals surface area contributed by atoms with Crippen LogP contribution in [0.5, 0.6) is 0 Å². The van der Waals surface area contributed by atoms with Crippen LogP contribution in [0, 0.1) is 0 Å². The number of benzene rings is 2. The van der Waals surface area contributed by atoms with Crippen LogP contribution in [0.25, 0.3) is 22.1 Å². The molecule has 0 aliphatic carbocycles. The zero-order valence-corrected chi connectivity index (χ0v) is 27.8. The molecule has 0 saturated heterocycles. The largest absolute Gasteiger partial charge is 0.184 e. The molecule has 2 heterocycles. The minimum Gasteiger partial charge on any atom is -0.184 e. The third kappa shape index (κ3) is 10.8. The van der Waals surface area contributed by atoms with E-state index >= 15 is 0 Å². The Kier molecular flexibility index (Phi) is 16.8. The number of aromatic nitrogens is 6. The Morgan fingerprint density at radius 1 is 0.556 bits per heavy atom. The Morgan fingerprint density at radius 2 is 0.944 bits per heavy atom. The second kappa shape index (κ2) is 18.9. The molecule has 2 aromatic heterocycles. The molecule has 12 heteroatoms. The standard InChI is InChI=1S/C12H14Br2ClN3.C12H16ClN3.Br2/c13-9-5-6-10(14)12-11(9)16-18(17-12)8-4-2-1-3-7-15;13-9-5-1-2-6-10-16-14-11-7-3-4-8-12(11)15-16;1-2/h5-6H,1-4,7-8H2;3-4,7-8H,1-2,5-6,9-10H2;. The summed E-state index contributed by atoms with van der Waals surface area (Å²) in [4.78, 5) is 3.58. The van der Waals surface area contributed by atoms with E-state index in [1.165, 1.54) is 25.7 Å². The summed E-state index contributed by atoms with van der Waals surface area (Å²) < 4.78 is 1.96. The smallest absolute Gasteiger partial charge is 0.128 e. The van der Waals surface area contributed by atoms with Gasteiger partial charge in [-0.05, 0) is 81.8 Å². The molecule has 0 unspecified atom stereocenters. The summed E-state index contributed by atoms with van der Waals surface area (Å²) in [5.41, 5.74) is 3.77. The van der Waals surface area contributed by atoms with E-state index in [-0.39, 0.29) is 0 Å². The fraction of sp³-hybridized carbons (Fsp3) is 0.500. The summed E-state index contributed by atoms with van der Waals surface area (Å²) >= 11 is 23.8. The van der Waals surface area contributed by atoms with Gasteiger partial charge in [-0.1, -0.05) is 37.8 Å². The molecule has 36 heavy (non-hydrogen) atoms. The van der Waals surface area contributed by atoms with Gasteiger partial charge in [0.2, 0.25) is 0 Å². The van der Waals surface area contributed by atoms with E-state index in [1.807, 2.05) is 36.4 Å². The monoisotopic (exact) mass is 788 g/mol. The minimum absolute atomic E-state index is 0.754. The van der Waals surface area contributed by atoms with Crippen molar-refractivity contribution in [2.75, 3.05) is 11.8 Å². The Balaban J connectivity index is 0.000000239. The van der Waals surface area contributed by atoms with Crippen LogP contribution in [0.15, 0.2) is 45.3 Å². The first-order chi connectivity index (χ1) is 17.6. The molecule has 0 aliphatic heterocycles. The van der Waals surface area contributed by atoms with Crippen LogP contribution in [0.4, 0.5) is 0 Å². The number of unbranched alkanes of at least 4 members (excludes halogenated alkanes) is 6. The number of hydrogen-bond acceptors (Lipinski definition) is 4. The molecule has 0 N–H and O–H groups in total. The van der Waals surface area contributed by atoms with Crippen molar-refractivity contribution in [3.63, 3.8) is 0 Å². The van der Waals surface area contributed by atoms with Crippen LogP contribution in [0.2, 0.25) is 0 Å². The highest BCUT2D eigenvalue weighted by Gasteiger charge is 2.09. The molecule has 198 valence electrons. The highest BCUT2D eigenvalue weighted by Crippen LogP contribution is 2.27. The van der Waals surface area contributed by atoms with Gasteiger partial charge in [-0.3, -0.25) is 0 Å². The van der Waals surface area contributed by atoms with E-state index in [9.17, 15) is 0 Å². The molecule has 0 radical (unpaired) electrons. The summed E-state index contributed by atoms with van der Waals surface area (Å²) in [5.74, 6) is 1.52. The average molecular weight is 793 g/mol. The van der Waals surface area contributed by atoms with Gasteiger partial charge in [-0.15, -0.1) is 23.2 Å². The molecule has 0 fully saturated rings. The van der Waals surface area contributed by atoms with Crippen LogP contribution in [0.3, 0.4) is 0 Å². The van der Waals surface area contributed by atoms with Gasteiger partial charge in [0.1, 0.15) is 22.1 Å². The lowest BCUT2D eigenvalue weighted by atomic mass is 10.2. The van der Waals surface area contributed by atoms with E-state index in [0.717, 1.165) is 81.5 Å². The van der Waals surface area contributed by atoms with Crippen LogP contribution in [-0.4, -0.2) is 41.7 Å². The fourth-order valence-corrected chi connectivity index (χ4v) is 4.66. The number of hydrogen-bond donors (Lipinski definition) is 0. The predicted molar refractivity (Wildman–Crippen MR) is 167 cm³/mol. The molecule has 4 aromatic rings. The SMILES string of the molecule is BrBr.ClCCCCCCn1nc2c(Br)ccc(Br)c2n1.ClCCCCCCn1nc2ccccc2n1. The second-order valence-corrected chi connectivity index (χ2v) is 10.5. The molecule has 0 spiro atoms. The topological polar surface area (TPSA) is 61.4 Å². The van der Waals surface area contributed by atoms with Crippen molar-refractivity contribution >= 4 is 105 Å². The zero-order chi connectivity index (χ0) is 26.2. The maximum atomic E-state index is 5.65. The summed E-state index contributed by atoms with van der Waals surface area (Å²) in [6.07, 6.45) is 9.16. The number of alkyl halides is 2. The van der Waals surface area contributed by atoms with Crippen LogP contribution in [-0.2, 0) is 13.1 Å². The van der Waals surface area contributed by atoms with Crippen LogP contribution in [0.1, 0.15) is 51.4 Å². The van der Waals surface area contributed by atoms with Gasteiger partial charge < -0.3 is 0 Å². The van der Waals surface area contributed by atoms with Gasteiger partial charge in [-0.2, -0.15) is 30.0 Å². The van der Waals surface area contributed by atoms with Gasteiger partial charge >= 0.3 is 0 Å². The molecule has 0 amide bonds. The number of rotatable bonds is 12. The van der Waals surface area contributed by atoms with Crippen molar-refractivity contribution < 1.29 is 0 Å². The van der Waals surface area contributed by atoms with Gasteiger partial charge in [-0.25, -0.2) is 0 Å². The third-order valence-electron chi connectivity index (χ3n) is 5.30. The summed E-state index contributed by atoms with van der Waals surface area (Å²) in [5, 5.41) is 17.8. The van der Waals surface area contributed by atoms with E-state index in [2.05, 4.69) is 80.5 Å². The summed E-state index contributed by atoms with van der Waals surface area (Å²) in [6, 6.07) is 11.9. The van der Waals surface area contributed by atoms with Crippen molar-refractivity contribution in [2.45, 2.75) is 64.5 Å². The van der Waals surface area contributed by atoms with Crippen molar-refractivity contribution in [1.29, 1.82) is 0 Å². The molecule has 4 rings (SSSR count). The minimum atomic E-state index is 0.754. The van der Waals surface area contributed by atoms with Crippen LogP contribution < -0.4 is 0 Å². The fourth-order valence-electron chi connectivity index (χ4n) is 3.48. The first kappa shape index (κ1) is 32.0. The van der Waals surface area contributed by atoms with Crippen molar-refractivity contribution in [2.24, 2.45) is 0 Å². The molecular weight excluding hydrogens is 763 g/mol. The molecule has 2 aromatic carbocycles. The summed E-state index contributed by atoms with van der Waals surface area (Å²) in [6.45, 7) is 1.76. The number of nitrogens with zero attached hydrogens (tertiary/aromatic N) is 6. The van der Waals surface area contributed by atoms with E-state index in [0.29, 0.717) is 0 Å². The van der Waals surface area contributed by atoms with Crippen molar-refractivity contribution in [3.8, 4) is 0 Å². The number of fused-ring (bicyclic) bond motifs is 2. The Bertz CT molecular complexity index is 1080. The van der Waals surface area contributed by atoms with Gasteiger partial charge in [0.15, 0.2) is 0 Å². The maximum Gasteiger partial charge on any atom is 0.128 e. The highest BCUT2D eigenvalue weighted by atomic mass is 80.9. The molecule has 0 saturated carbocycles. The molecule has 6 nitrogen and oxygen atoms in total. The van der Waals surface area contributed by atoms with Crippen molar-refractivity contribution in [3.05, 3.63) is 45.3 Å². The first-order valence-electron chi connectivity index (χ1n) is 11.9. The van der Waals surface area contributed by atoms with Crippen molar-refractivity contribution in [1.82, 2.24) is 30.0 Å². The van der Waals surface area contributed by atoms with Gasteiger partial charge in [0, 0.05) is 49.0 Å². The molecule has 0 aliphatic rings. The number of halogens is 6. The zero-order valence-electron chi connectivity index (χ0n) is 19.9. The first-order valence-corrected chi connectivity index (χ1v) is 18.2. The van der Waals surface area contributed by atoms with Crippen LogP contribution >= 0.6 is 83.3 Å². The molecular formula is C24H30Br4Cl2N6. The van der Waals surface area contributed by atoms with E-state index < -0.39 is 0 Å². The third-order valence-corrected chi connectivity index (χ3v) is 7.11. The molecule has 0 atom stereocenters. The highest BCUT2D eigenvalue weighted by molar-refractivity contribution is 9.93. The Labute approximate surface area is 254 Å². The van der Waals surface area contributed by atoms with E-state index in [4.69, 9.17) is 23.2 Å². The second-order valence-electron chi connectivity index (χ2n) is 8.01. The van der Waals surface area contributed by atoms with Gasteiger partial charge in [0.25, 0.3) is 0 Å². The lowest BCUT2D eigenvalue weighted by Gasteiger charge is -1.98. The lowest BCUT2D eigenvalue weighted by Crippen LogP contribution is -2.02. The predicted octanol–water partition coefficient (Wildman–Crippen LogP) is 9.68. The quantitative estimate of drug-likeness (QED) is 0.106. The Hall–Kier alpha value is -0.260. The molecule has 0 bridgehead atoms. The van der Waals surface area contributed by atoms with E-state index in [1.54, 1.807) is 9.59 Å². The van der Waals surface area contributed by atoms with Gasteiger partial charge in [0.05, 0.1) is 13.1 Å².